The predicted molar refractivity (Wildman–Crippen MR) is 88.7 cm³/mol. The zero-order valence-electron chi connectivity index (χ0n) is 14.9. The molecule has 0 aromatic heterocycles. The lowest BCUT2D eigenvalue weighted by atomic mass is 9.99. The number of methoxy groups -OCH3 is 1. The molecule has 1 aliphatic rings. The minimum atomic E-state index is -0.544. The van der Waals surface area contributed by atoms with Crippen molar-refractivity contribution < 1.29 is 23.9 Å². The number of carbonyl (C=O) groups excluding carboxylic acids is 3. The summed E-state index contributed by atoms with van der Waals surface area (Å²) in [6, 6.07) is 0. The van der Waals surface area contributed by atoms with Gasteiger partial charge in [-0.15, -0.1) is 0 Å². The van der Waals surface area contributed by atoms with E-state index in [1.165, 1.54) is 25.3 Å². The van der Waals surface area contributed by atoms with Crippen LogP contribution in [0.5, 0.6) is 0 Å². The summed E-state index contributed by atoms with van der Waals surface area (Å²) in [4.78, 5) is 36.1. The van der Waals surface area contributed by atoms with E-state index in [4.69, 9.17) is 4.74 Å². The summed E-state index contributed by atoms with van der Waals surface area (Å²) in [5, 5.41) is 2.46. The lowest BCUT2D eigenvalue weighted by Gasteiger charge is -2.23. The van der Waals surface area contributed by atoms with Gasteiger partial charge in [-0.05, 0) is 25.2 Å². The van der Waals surface area contributed by atoms with Crippen LogP contribution >= 0.6 is 0 Å². The van der Waals surface area contributed by atoms with Crippen molar-refractivity contribution in [1.82, 2.24) is 10.2 Å². The summed E-state index contributed by atoms with van der Waals surface area (Å²) in [5.41, 5.74) is 0.158. The Morgan fingerprint density at radius 3 is 2.67 bits per heavy atom. The molecule has 1 rings (SSSR count). The molecule has 7 nitrogen and oxygen atoms in total. The van der Waals surface area contributed by atoms with Gasteiger partial charge in [0.15, 0.2) is 0 Å². The van der Waals surface area contributed by atoms with Crippen LogP contribution in [0, 0.1) is 5.92 Å². The summed E-state index contributed by atoms with van der Waals surface area (Å²) < 4.78 is 10.5. The van der Waals surface area contributed by atoms with Crippen molar-refractivity contribution in [1.29, 1.82) is 0 Å². The first kappa shape index (κ1) is 20.2. The molecule has 0 aliphatic carbocycles. The number of ether oxygens (including phenoxy) is 2. The van der Waals surface area contributed by atoms with Gasteiger partial charge in [0.2, 0.25) is 12.3 Å². The number of hydrogen-bond donors (Lipinski definition) is 1. The van der Waals surface area contributed by atoms with E-state index in [0.717, 1.165) is 19.3 Å². The highest BCUT2D eigenvalue weighted by atomic mass is 16.5. The molecule has 0 bridgehead atoms. The zero-order chi connectivity index (χ0) is 18.1. The molecule has 1 aliphatic heterocycles. The van der Waals surface area contributed by atoms with E-state index in [1.54, 1.807) is 0 Å². The summed E-state index contributed by atoms with van der Waals surface area (Å²) >= 11 is 0. The molecule has 0 aromatic carbocycles. The molecular formula is C17H28N2O5. The van der Waals surface area contributed by atoms with Crippen molar-refractivity contribution in [3.63, 3.8) is 0 Å². The molecular weight excluding hydrogens is 312 g/mol. The Kier molecular flexibility index (Phi) is 8.46. The molecule has 1 heterocycles. The van der Waals surface area contributed by atoms with E-state index in [0.29, 0.717) is 18.7 Å². The molecule has 1 N–H and O–H groups in total. The van der Waals surface area contributed by atoms with Gasteiger partial charge in [-0.2, -0.15) is 0 Å². The Labute approximate surface area is 143 Å². The predicted octanol–water partition coefficient (Wildman–Crippen LogP) is 1.58. The highest BCUT2D eigenvalue weighted by Crippen LogP contribution is 2.28. The number of esters is 1. The Hall–Kier alpha value is -1.89. The van der Waals surface area contributed by atoms with Crippen molar-refractivity contribution in [2.75, 3.05) is 14.2 Å². The largest absolute Gasteiger partial charge is 0.469 e. The second-order valence-electron chi connectivity index (χ2n) is 6.08. The lowest BCUT2D eigenvalue weighted by molar-refractivity contribution is -0.140. The van der Waals surface area contributed by atoms with Gasteiger partial charge in [0.05, 0.1) is 19.6 Å². The average Bonchev–Trinajstić information content (AvgIpc) is 3.05. The number of rotatable bonds is 9. The summed E-state index contributed by atoms with van der Waals surface area (Å²) in [6.45, 7) is 4.31. The van der Waals surface area contributed by atoms with E-state index in [-0.39, 0.29) is 18.1 Å². The Morgan fingerprint density at radius 2 is 2.12 bits per heavy atom. The quantitative estimate of drug-likeness (QED) is 0.391. The second kappa shape index (κ2) is 10.1. The van der Waals surface area contributed by atoms with Gasteiger partial charge in [0.25, 0.3) is 0 Å². The van der Waals surface area contributed by atoms with E-state index in [9.17, 15) is 14.4 Å². The molecule has 1 saturated heterocycles. The molecule has 0 spiro atoms. The minimum Gasteiger partial charge on any atom is -0.469 e. The van der Waals surface area contributed by atoms with Crippen molar-refractivity contribution in [3.8, 4) is 0 Å². The van der Waals surface area contributed by atoms with Crippen LogP contribution < -0.4 is 5.32 Å². The van der Waals surface area contributed by atoms with Crippen LogP contribution in [-0.4, -0.2) is 49.7 Å². The molecule has 2 amide bonds. The third-order valence-electron chi connectivity index (χ3n) is 4.29. The maximum atomic E-state index is 11.9. The molecule has 0 radical (unpaired) electrons. The van der Waals surface area contributed by atoms with Crippen molar-refractivity contribution in [3.05, 3.63) is 11.8 Å². The smallest absolute Gasteiger partial charge is 0.310 e. The number of carbonyl (C=O) groups is 3. The Balaban J connectivity index is 2.80. The number of likely N-dealkylation sites (N-methyl/N-ethyl adjacent to an activating group) is 1. The van der Waals surface area contributed by atoms with Gasteiger partial charge in [0, 0.05) is 18.8 Å². The zero-order valence-corrected chi connectivity index (χ0v) is 14.9. The van der Waals surface area contributed by atoms with Crippen LogP contribution in [-0.2, 0) is 23.9 Å². The average molecular weight is 340 g/mol. The second-order valence-corrected chi connectivity index (χ2v) is 6.08. The summed E-state index contributed by atoms with van der Waals surface area (Å²) in [7, 11) is 2.72. The van der Waals surface area contributed by atoms with Crippen LogP contribution in [0.2, 0.25) is 0 Å². The first-order valence-corrected chi connectivity index (χ1v) is 8.32. The molecule has 24 heavy (non-hydrogen) atoms. The van der Waals surface area contributed by atoms with Gasteiger partial charge in [-0.25, -0.2) is 0 Å². The van der Waals surface area contributed by atoms with Crippen molar-refractivity contribution in [2.45, 2.75) is 58.3 Å². The normalized spacial score (nSPS) is 21.9. The lowest BCUT2D eigenvalue weighted by Crippen LogP contribution is -2.32. The third-order valence-corrected chi connectivity index (χ3v) is 4.29. The van der Waals surface area contributed by atoms with Crippen LogP contribution in [0.3, 0.4) is 0 Å². The number of nitrogens with zero attached hydrogens (tertiary/aromatic N) is 1. The topological polar surface area (TPSA) is 84.9 Å². The fourth-order valence-electron chi connectivity index (χ4n) is 2.63. The van der Waals surface area contributed by atoms with Crippen LogP contribution in [0.1, 0.15) is 46.0 Å². The van der Waals surface area contributed by atoms with E-state index in [2.05, 4.69) is 23.9 Å². The Morgan fingerprint density at radius 1 is 1.42 bits per heavy atom. The van der Waals surface area contributed by atoms with Gasteiger partial charge >= 0.3 is 5.97 Å². The van der Waals surface area contributed by atoms with Crippen LogP contribution in [0.4, 0.5) is 0 Å². The van der Waals surface area contributed by atoms with E-state index >= 15 is 0 Å². The van der Waals surface area contributed by atoms with Gasteiger partial charge in [0.1, 0.15) is 6.23 Å². The molecule has 7 heteroatoms. The first-order valence-electron chi connectivity index (χ1n) is 8.32. The van der Waals surface area contributed by atoms with Gasteiger partial charge in [-0.3, -0.25) is 19.3 Å². The molecule has 1 fully saturated rings. The summed E-state index contributed by atoms with van der Waals surface area (Å²) in [5.74, 6) is -0.409. The standard InChI is InChI=1S/C17H28N2O5/c1-5-12(2)8-14-6-7-15(24-14)19(11-20)10-13(17(22)18-3)9-16(21)23-4/h10-12,14-15H,5-9H2,1-4H3,(H,18,22)/b13-10-. The van der Waals surface area contributed by atoms with Gasteiger partial charge < -0.3 is 14.8 Å². The SMILES string of the molecule is CCC(C)CC1CCC(N(C=O)/C=C(/CC(=O)OC)C(=O)NC)O1. The van der Waals surface area contributed by atoms with Crippen molar-refractivity contribution >= 4 is 18.3 Å². The molecule has 3 unspecified atom stereocenters. The molecule has 0 aromatic rings. The number of nitrogens with one attached hydrogen (secondary N) is 1. The fraction of sp³-hybridized carbons (Fsp3) is 0.706. The summed E-state index contributed by atoms with van der Waals surface area (Å²) in [6.07, 6.45) is 5.11. The highest BCUT2D eigenvalue weighted by molar-refractivity contribution is 5.97. The van der Waals surface area contributed by atoms with Crippen LogP contribution in [0.15, 0.2) is 11.8 Å². The third kappa shape index (κ3) is 5.96. The molecule has 0 saturated carbocycles. The maximum Gasteiger partial charge on any atom is 0.310 e. The number of hydrogen-bond acceptors (Lipinski definition) is 5. The van der Waals surface area contributed by atoms with Crippen molar-refractivity contribution in [2.24, 2.45) is 5.92 Å². The number of amides is 2. The monoisotopic (exact) mass is 340 g/mol. The van der Waals surface area contributed by atoms with Gasteiger partial charge in [-0.1, -0.05) is 20.3 Å². The Bertz CT molecular complexity index is 478. The minimum absolute atomic E-state index is 0.116. The molecule has 3 atom stereocenters. The van der Waals surface area contributed by atoms with Crippen LogP contribution in [0.25, 0.3) is 0 Å². The maximum absolute atomic E-state index is 11.9. The fourth-order valence-corrected chi connectivity index (χ4v) is 2.63. The van der Waals surface area contributed by atoms with E-state index < -0.39 is 18.1 Å². The highest BCUT2D eigenvalue weighted by Gasteiger charge is 2.30. The van der Waals surface area contributed by atoms with E-state index in [1.807, 2.05) is 0 Å². The molecule has 136 valence electrons. The first-order chi connectivity index (χ1) is 11.4.